The lowest BCUT2D eigenvalue weighted by molar-refractivity contribution is 0.413. The van der Waals surface area contributed by atoms with E-state index in [0.717, 1.165) is 17.1 Å². The van der Waals surface area contributed by atoms with Crippen molar-refractivity contribution >= 4 is 10.8 Å². The predicted molar refractivity (Wildman–Crippen MR) is 70.5 cm³/mol. The van der Waals surface area contributed by atoms with Gasteiger partial charge < -0.3 is 10.5 Å². The van der Waals surface area contributed by atoms with Crippen molar-refractivity contribution < 1.29 is 8.95 Å². The summed E-state index contributed by atoms with van der Waals surface area (Å²) in [5, 5.41) is 0. The highest BCUT2D eigenvalue weighted by Gasteiger charge is 2.16. The van der Waals surface area contributed by atoms with Crippen LogP contribution in [-0.4, -0.2) is 27.6 Å². The number of aromatic nitrogens is 1. The Balaban J connectivity index is 2.74. The zero-order valence-electron chi connectivity index (χ0n) is 10.8. The third-order valence-corrected chi connectivity index (χ3v) is 3.74. The average Bonchev–Trinajstić information content (AvgIpc) is 2.13. The maximum Gasteiger partial charge on any atom is 0.122 e. The van der Waals surface area contributed by atoms with Crippen molar-refractivity contribution in [2.75, 3.05) is 12.9 Å². The molecule has 1 aromatic rings. The molecule has 1 heterocycles. The molecule has 1 aromatic heterocycles. The van der Waals surface area contributed by atoms with Gasteiger partial charge in [-0.25, -0.2) is 0 Å². The molecular formula is C12H20N2O2S. The van der Waals surface area contributed by atoms with Crippen LogP contribution >= 0.6 is 0 Å². The Hall–Kier alpha value is -0.940. The first-order valence-corrected chi connectivity index (χ1v) is 6.94. The van der Waals surface area contributed by atoms with Crippen molar-refractivity contribution in [3.63, 3.8) is 0 Å². The van der Waals surface area contributed by atoms with Gasteiger partial charge in [-0.1, -0.05) is 0 Å². The van der Waals surface area contributed by atoms with Crippen molar-refractivity contribution in [2.45, 2.75) is 32.1 Å². The second-order valence-corrected chi connectivity index (χ2v) is 6.31. The van der Waals surface area contributed by atoms with Crippen LogP contribution in [-0.2, 0) is 16.6 Å². The Morgan fingerprint density at radius 3 is 2.65 bits per heavy atom. The van der Waals surface area contributed by atoms with Crippen LogP contribution in [0.5, 0.6) is 5.75 Å². The van der Waals surface area contributed by atoms with Gasteiger partial charge in [-0.2, -0.15) is 0 Å². The molecule has 0 aromatic carbocycles. The van der Waals surface area contributed by atoms with Crippen LogP contribution in [0.25, 0.3) is 0 Å². The minimum Gasteiger partial charge on any atom is -0.497 e. The lowest BCUT2D eigenvalue weighted by Gasteiger charge is -2.17. The van der Waals surface area contributed by atoms with Crippen LogP contribution in [0.4, 0.5) is 0 Å². The molecule has 2 N–H and O–H groups in total. The maximum atomic E-state index is 11.9. The van der Waals surface area contributed by atoms with Crippen LogP contribution < -0.4 is 10.5 Å². The lowest BCUT2D eigenvalue weighted by Crippen LogP contribution is -2.38. The zero-order valence-corrected chi connectivity index (χ0v) is 11.6. The molecule has 5 heteroatoms. The lowest BCUT2D eigenvalue weighted by atomic mass is 10.1. The molecule has 17 heavy (non-hydrogen) atoms. The topological polar surface area (TPSA) is 65.2 Å². The first kappa shape index (κ1) is 14.1. The fraction of sp³-hybridized carbons (Fsp3) is 0.583. The molecule has 0 saturated heterocycles. The summed E-state index contributed by atoms with van der Waals surface area (Å²) in [4.78, 5) is 4.34. The molecule has 0 radical (unpaired) electrons. The monoisotopic (exact) mass is 256 g/mol. The third kappa shape index (κ3) is 5.28. The number of nitrogens with zero attached hydrogens (tertiary/aromatic N) is 1. The average molecular weight is 256 g/mol. The molecule has 0 bridgehead atoms. The molecule has 0 aliphatic rings. The summed E-state index contributed by atoms with van der Waals surface area (Å²) in [6, 6.07) is 3.66. The number of ether oxygens (including phenoxy) is 1. The van der Waals surface area contributed by atoms with Crippen molar-refractivity contribution in [2.24, 2.45) is 5.73 Å². The standard InChI is InChI=1S/C12H20N2O2S/c1-9-5-11(16-4)6-10(14-9)7-17(15)8-12(2,3)13/h5-6H,7-8,13H2,1-4H3. The number of hydrogen-bond acceptors (Lipinski definition) is 4. The van der Waals surface area contributed by atoms with Crippen LogP contribution in [0, 0.1) is 6.92 Å². The number of pyridine rings is 1. The van der Waals surface area contributed by atoms with E-state index < -0.39 is 16.3 Å². The Bertz CT molecular complexity index is 413. The largest absolute Gasteiger partial charge is 0.497 e. The fourth-order valence-corrected chi connectivity index (χ4v) is 2.94. The number of hydrogen-bond donors (Lipinski definition) is 1. The molecule has 0 aliphatic heterocycles. The minimum absolute atomic E-state index is 0.415. The second kappa shape index (κ2) is 5.60. The fourth-order valence-electron chi connectivity index (χ4n) is 1.53. The summed E-state index contributed by atoms with van der Waals surface area (Å²) in [6.07, 6.45) is 0. The normalized spacial score (nSPS) is 13.5. The van der Waals surface area contributed by atoms with Gasteiger partial charge >= 0.3 is 0 Å². The van der Waals surface area contributed by atoms with E-state index in [1.807, 2.05) is 32.9 Å². The summed E-state index contributed by atoms with van der Waals surface area (Å²) in [5.41, 5.74) is 7.07. The zero-order chi connectivity index (χ0) is 13.1. The molecule has 0 aliphatic carbocycles. The van der Waals surface area contributed by atoms with E-state index in [4.69, 9.17) is 10.5 Å². The first-order valence-electron chi connectivity index (χ1n) is 5.45. The summed E-state index contributed by atoms with van der Waals surface area (Å²) >= 11 is 0. The van der Waals surface area contributed by atoms with Crippen molar-refractivity contribution in [1.82, 2.24) is 4.98 Å². The molecule has 1 rings (SSSR count). The van der Waals surface area contributed by atoms with Gasteiger partial charge in [0.1, 0.15) is 5.75 Å². The van der Waals surface area contributed by atoms with E-state index in [1.54, 1.807) is 7.11 Å². The Morgan fingerprint density at radius 2 is 2.12 bits per heavy atom. The second-order valence-electron chi connectivity index (χ2n) is 4.86. The van der Waals surface area contributed by atoms with Crippen LogP contribution in [0.2, 0.25) is 0 Å². The van der Waals surface area contributed by atoms with Gasteiger partial charge in [0, 0.05) is 39.9 Å². The van der Waals surface area contributed by atoms with E-state index in [1.165, 1.54) is 0 Å². The number of methoxy groups -OCH3 is 1. The van der Waals surface area contributed by atoms with E-state index in [2.05, 4.69) is 4.98 Å². The van der Waals surface area contributed by atoms with Crippen molar-refractivity contribution in [1.29, 1.82) is 0 Å². The first-order chi connectivity index (χ1) is 7.80. The van der Waals surface area contributed by atoms with Crippen molar-refractivity contribution in [3.8, 4) is 5.75 Å². The molecule has 1 atom stereocenters. The van der Waals surface area contributed by atoms with E-state index >= 15 is 0 Å². The van der Waals surface area contributed by atoms with Gasteiger partial charge in [0.05, 0.1) is 18.6 Å². The molecule has 96 valence electrons. The van der Waals surface area contributed by atoms with E-state index in [0.29, 0.717) is 11.5 Å². The molecule has 1 unspecified atom stereocenters. The molecule has 0 saturated carbocycles. The predicted octanol–water partition coefficient (Wildman–Crippen LogP) is 1.38. The van der Waals surface area contributed by atoms with Gasteiger partial charge in [0.15, 0.2) is 0 Å². The molecule has 0 amide bonds. The van der Waals surface area contributed by atoms with Gasteiger partial charge in [-0.05, 0) is 20.8 Å². The van der Waals surface area contributed by atoms with E-state index in [-0.39, 0.29) is 0 Å². The van der Waals surface area contributed by atoms with Crippen molar-refractivity contribution in [3.05, 3.63) is 23.5 Å². The SMILES string of the molecule is COc1cc(C)nc(CS(=O)CC(C)(C)N)c1. The highest BCUT2D eigenvalue weighted by Crippen LogP contribution is 2.15. The van der Waals surface area contributed by atoms with E-state index in [9.17, 15) is 4.21 Å². The molecule has 0 fully saturated rings. The Kier molecular flexibility index (Phi) is 4.65. The molecular weight excluding hydrogens is 236 g/mol. The third-order valence-electron chi connectivity index (χ3n) is 2.06. The highest BCUT2D eigenvalue weighted by molar-refractivity contribution is 7.84. The smallest absolute Gasteiger partial charge is 0.122 e. The van der Waals surface area contributed by atoms with Crippen LogP contribution in [0.1, 0.15) is 25.2 Å². The van der Waals surface area contributed by atoms with Gasteiger partial charge in [-0.3, -0.25) is 9.19 Å². The number of aryl methyl sites for hydroxylation is 1. The Labute approximate surface area is 105 Å². The van der Waals surface area contributed by atoms with Gasteiger partial charge in [-0.15, -0.1) is 0 Å². The number of rotatable bonds is 5. The summed E-state index contributed by atoms with van der Waals surface area (Å²) in [7, 11) is 0.608. The summed E-state index contributed by atoms with van der Waals surface area (Å²) < 4.78 is 17.0. The Morgan fingerprint density at radius 1 is 1.47 bits per heavy atom. The highest BCUT2D eigenvalue weighted by atomic mass is 32.2. The number of nitrogens with two attached hydrogens (primary N) is 1. The summed E-state index contributed by atoms with van der Waals surface area (Å²) in [5.74, 6) is 1.63. The molecule has 4 nitrogen and oxygen atoms in total. The molecule has 0 spiro atoms. The minimum atomic E-state index is -1.00. The van der Waals surface area contributed by atoms with Crippen LogP contribution in [0.3, 0.4) is 0 Å². The van der Waals surface area contributed by atoms with Crippen LogP contribution in [0.15, 0.2) is 12.1 Å². The van der Waals surface area contributed by atoms with Gasteiger partial charge in [0.25, 0.3) is 0 Å². The summed E-state index contributed by atoms with van der Waals surface area (Å²) in [6.45, 7) is 5.63. The quantitative estimate of drug-likeness (QED) is 0.864. The maximum absolute atomic E-state index is 11.9. The van der Waals surface area contributed by atoms with Gasteiger partial charge in [0.2, 0.25) is 0 Å².